The van der Waals surface area contributed by atoms with Gasteiger partial charge in [0.25, 0.3) is 0 Å². The summed E-state index contributed by atoms with van der Waals surface area (Å²) in [7, 11) is 0. The minimum Gasteiger partial charge on any atom is -0.476 e. The van der Waals surface area contributed by atoms with Crippen LogP contribution in [-0.2, 0) is 0 Å². The molecular weight excluding hydrogens is 302 g/mol. The van der Waals surface area contributed by atoms with Gasteiger partial charge in [-0.1, -0.05) is 12.1 Å². The van der Waals surface area contributed by atoms with Gasteiger partial charge in [0.1, 0.15) is 12.1 Å². The molecule has 0 bridgehead atoms. The van der Waals surface area contributed by atoms with E-state index in [1.807, 2.05) is 18.2 Å². The number of rotatable bonds is 4. The second-order valence-corrected chi connectivity index (χ2v) is 6.02. The molecule has 0 aliphatic carbocycles. The summed E-state index contributed by atoms with van der Waals surface area (Å²) in [5, 5.41) is 1.11. The Morgan fingerprint density at radius 2 is 2.08 bits per heavy atom. The van der Waals surface area contributed by atoms with Crippen molar-refractivity contribution in [2.24, 2.45) is 5.92 Å². The number of hydrogen-bond donors (Lipinski definition) is 0. The van der Waals surface area contributed by atoms with Crippen LogP contribution in [0.4, 0.5) is 5.82 Å². The zero-order valence-corrected chi connectivity index (χ0v) is 13.4. The number of aromatic nitrogens is 4. The predicted octanol–water partition coefficient (Wildman–Crippen LogP) is 2.72. The fourth-order valence-corrected chi connectivity index (χ4v) is 3.20. The normalized spacial score (nSPS) is 17.8. The van der Waals surface area contributed by atoms with E-state index >= 15 is 0 Å². The smallest absolute Gasteiger partial charge is 0.232 e. The summed E-state index contributed by atoms with van der Waals surface area (Å²) in [6.45, 7) is 2.60. The zero-order valence-electron chi connectivity index (χ0n) is 13.4. The molecule has 1 aromatic carbocycles. The molecule has 24 heavy (non-hydrogen) atoms. The van der Waals surface area contributed by atoms with Gasteiger partial charge < -0.3 is 9.64 Å². The molecule has 1 fully saturated rings. The molecule has 4 rings (SSSR count). The molecule has 0 spiro atoms. The minimum absolute atomic E-state index is 0.453. The van der Waals surface area contributed by atoms with E-state index in [9.17, 15) is 0 Å². The first-order valence-electron chi connectivity index (χ1n) is 8.23. The van der Waals surface area contributed by atoms with Crippen LogP contribution >= 0.6 is 0 Å². The molecule has 1 atom stereocenters. The number of para-hydroxylation sites is 1. The lowest BCUT2D eigenvalue weighted by Gasteiger charge is -2.33. The van der Waals surface area contributed by atoms with Crippen molar-refractivity contribution in [1.29, 1.82) is 0 Å². The third-order valence-electron chi connectivity index (χ3n) is 4.35. The Labute approximate surface area is 140 Å². The van der Waals surface area contributed by atoms with E-state index in [1.54, 1.807) is 24.9 Å². The van der Waals surface area contributed by atoms with Gasteiger partial charge in [0, 0.05) is 36.8 Å². The van der Waals surface area contributed by atoms with Crippen LogP contribution in [0.15, 0.2) is 49.2 Å². The predicted molar refractivity (Wildman–Crippen MR) is 92.0 cm³/mol. The SMILES string of the molecule is c1ccc2c(N3CCCC(COc4cnccn4)C3)ncnc2c1. The van der Waals surface area contributed by atoms with Crippen molar-refractivity contribution in [3.05, 3.63) is 49.2 Å². The van der Waals surface area contributed by atoms with E-state index in [1.165, 1.54) is 0 Å². The molecule has 1 aliphatic rings. The summed E-state index contributed by atoms with van der Waals surface area (Å²) < 4.78 is 5.78. The number of ether oxygens (including phenoxy) is 1. The number of nitrogens with zero attached hydrogens (tertiary/aromatic N) is 5. The number of piperidine rings is 1. The average Bonchev–Trinajstić information content (AvgIpc) is 2.67. The van der Waals surface area contributed by atoms with Gasteiger partial charge in [0.05, 0.1) is 18.3 Å². The van der Waals surface area contributed by atoms with Crippen LogP contribution in [0, 0.1) is 5.92 Å². The van der Waals surface area contributed by atoms with E-state index < -0.39 is 0 Å². The van der Waals surface area contributed by atoms with Gasteiger partial charge >= 0.3 is 0 Å². The summed E-state index contributed by atoms with van der Waals surface area (Å²) in [6, 6.07) is 8.16. The van der Waals surface area contributed by atoms with Crippen molar-refractivity contribution in [2.45, 2.75) is 12.8 Å². The maximum Gasteiger partial charge on any atom is 0.232 e. The van der Waals surface area contributed by atoms with Crippen LogP contribution in [0.2, 0.25) is 0 Å². The van der Waals surface area contributed by atoms with Crippen molar-refractivity contribution in [3.8, 4) is 5.88 Å². The van der Waals surface area contributed by atoms with Gasteiger partial charge in [-0.15, -0.1) is 0 Å². The Kier molecular flexibility index (Phi) is 4.18. The van der Waals surface area contributed by atoms with Gasteiger partial charge in [-0.25, -0.2) is 15.0 Å². The Morgan fingerprint density at radius 3 is 3.00 bits per heavy atom. The largest absolute Gasteiger partial charge is 0.476 e. The number of fused-ring (bicyclic) bond motifs is 1. The highest BCUT2D eigenvalue weighted by Crippen LogP contribution is 2.27. The van der Waals surface area contributed by atoms with Crippen LogP contribution in [0.1, 0.15) is 12.8 Å². The zero-order chi connectivity index (χ0) is 16.2. The van der Waals surface area contributed by atoms with Crippen LogP contribution in [0.25, 0.3) is 10.9 Å². The molecule has 3 heterocycles. The highest BCUT2D eigenvalue weighted by molar-refractivity contribution is 5.89. The molecule has 0 N–H and O–H groups in total. The van der Waals surface area contributed by atoms with E-state index in [-0.39, 0.29) is 0 Å². The molecule has 2 aromatic heterocycles. The summed E-state index contributed by atoms with van der Waals surface area (Å²) in [6.07, 6.45) is 8.88. The van der Waals surface area contributed by atoms with Crippen LogP contribution in [0.5, 0.6) is 5.88 Å². The molecule has 6 heteroatoms. The first-order chi connectivity index (χ1) is 11.9. The molecule has 1 aliphatic heterocycles. The van der Waals surface area contributed by atoms with Gasteiger partial charge in [-0.2, -0.15) is 0 Å². The van der Waals surface area contributed by atoms with Crippen molar-refractivity contribution < 1.29 is 4.74 Å². The summed E-state index contributed by atoms with van der Waals surface area (Å²) in [5.74, 6) is 2.06. The number of benzene rings is 1. The Morgan fingerprint density at radius 1 is 1.12 bits per heavy atom. The van der Waals surface area contributed by atoms with E-state index in [2.05, 4.69) is 30.9 Å². The summed E-state index contributed by atoms with van der Waals surface area (Å²) >= 11 is 0. The van der Waals surface area contributed by atoms with E-state index in [0.29, 0.717) is 18.4 Å². The highest BCUT2D eigenvalue weighted by atomic mass is 16.5. The van der Waals surface area contributed by atoms with E-state index in [0.717, 1.165) is 42.7 Å². The standard InChI is InChI=1S/C18H19N5O/c1-2-6-16-15(5-1)18(22-13-21-16)23-9-3-4-14(11-23)12-24-17-10-19-7-8-20-17/h1-2,5-8,10,13-14H,3-4,9,11-12H2. The van der Waals surface area contributed by atoms with Crippen molar-refractivity contribution in [3.63, 3.8) is 0 Å². The first kappa shape index (κ1) is 14.8. The lowest BCUT2D eigenvalue weighted by molar-refractivity contribution is 0.221. The maximum absolute atomic E-state index is 5.78. The number of anilines is 1. The van der Waals surface area contributed by atoms with E-state index in [4.69, 9.17) is 4.74 Å². The molecule has 0 radical (unpaired) electrons. The maximum atomic E-state index is 5.78. The molecule has 3 aromatic rings. The van der Waals surface area contributed by atoms with Crippen LogP contribution < -0.4 is 9.64 Å². The molecule has 0 amide bonds. The minimum atomic E-state index is 0.453. The van der Waals surface area contributed by atoms with Crippen molar-refractivity contribution in [1.82, 2.24) is 19.9 Å². The summed E-state index contributed by atoms with van der Waals surface area (Å²) in [4.78, 5) is 19.4. The van der Waals surface area contributed by atoms with Gasteiger partial charge in [0.2, 0.25) is 5.88 Å². The Bertz CT molecular complexity index is 805. The Balaban J connectivity index is 1.48. The average molecular weight is 321 g/mol. The molecule has 1 saturated heterocycles. The topological polar surface area (TPSA) is 64.0 Å². The lowest BCUT2D eigenvalue weighted by atomic mass is 9.98. The Hall–Kier alpha value is -2.76. The molecule has 122 valence electrons. The van der Waals surface area contributed by atoms with Crippen molar-refractivity contribution in [2.75, 3.05) is 24.6 Å². The molecule has 1 unspecified atom stereocenters. The second-order valence-electron chi connectivity index (χ2n) is 6.02. The molecular formula is C18H19N5O. The van der Waals surface area contributed by atoms with Gasteiger partial charge in [-0.3, -0.25) is 4.98 Å². The molecule has 6 nitrogen and oxygen atoms in total. The fourth-order valence-electron chi connectivity index (χ4n) is 3.20. The van der Waals surface area contributed by atoms with Gasteiger partial charge in [0.15, 0.2) is 0 Å². The van der Waals surface area contributed by atoms with Crippen LogP contribution in [-0.4, -0.2) is 39.6 Å². The fraction of sp³-hybridized carbons (Fsp3) is 0.333. The highest BCUT2D eigenvalue weighted by Gasteiger charge is 2.23. The monoisotopic (exact) mass is 321 g/mol. The first-order valence-corrected chi connectivity index (χ1v) is 8.23. The number of hydrogen-bond acceptors (Lipinski definition) is 6. The van der Waals surface area contributed by atoms with Crippen LogP contribution in [0.3, 0.4) is 0 Å². The summed E-state index contributed by atoms with van der Waals surface area (Å²) in [5.41, 5.74) is 0.987. The second kappa shape index (κ2) is 6.78. The quantitative estimate of drug-likeness (QED) is 0.736. The third-order valence-corrected chi connectivity index (χ3v) is 4.35. The van der Waals surface area contributed by atoms with Gasteiger partial charge in [-0.05, 0) is 25.0 Å². The third kappa shape index (κ3) is 3.13. The van der Waals surface area contributed by atoms with Crippen molar-refractivity contribution >= 4 is 16.7 Å². The molecule has 0 saturated carbocycles. The lowest BCUT2D eigenvalue weighted by Crippen LogP contribution is -2.38.